The van der Waals surface area contributed by atoms with Crippen LogP contribution in [-0.4, -0.2) is 19.9 Å². The zero-order valence-electron chi connectivity index (χ0n) is 9.09. The first kappa shape index (κ1) is 10.6. The first-order chi connectivity index (χ1) is 7.84. The summed E-state index contributed by atoms with van der Waals surface area (Å²) in [6.07, 6.45) is 6.89. The van der Waals surface area contributed by atoms with E-state index in [1.807, 2.05) is 13.0 Å². The molecule has 2 rings (SSSR count). The molecule has 2 heterocycles. The zero-order valence-corrected chi connectivity index (χ0v) is 9.09. The minimum Gasteiger partial charge on any atom is -0.307 e. The van der Waals surface area contributed by atoms with Gasteiger partial charge in [-0.2, -0.15) is 0 Å². The first-order valence-electron chi connectivity index (χ1n) is 5.08. The van der Waals surface area contributed by atoms with E-state index >= 15 is 0 Å². The van der Waals surface area contributed by atoms with Crippen molar-refractivity contribution in [2.75, 3.05) is 0 Å². The third-order valence-corrected chi connectivity index (χ3v) is 2.08. The van der Waals surface area contributed by atoms with Gasteiger partial charge in [0.2, 0.25) is 0 Å². The van der Waals surface area contributed by atoms with E-state index in [0.29, 0.717) is 0 Å². The SMILES string of the molecule is Cc1nccc(CNCc2cncnc2)n1. The molecule has 5 nitrogen and oxygen atoms in total. The van der Waals surface area contributed by atoms with Gasteiger partial charge in [0, 0.05) is 37.2 Å². The van der Waals surface area contributed by atoms with Crippen LogP contribution < -0.4 is 5.32 Å². The molecular formula is C11H13N5. The highest BCUT2D eigenvalue weighted by Gasteiger charge is 1.96. The van der Waals surface area contributed by atoms with Crippen molar-refractivity contribution >= 4 is 0 Å². The molecule has 2 aromatic rings. The summed E-state index contributed by atoms with van der Waals surface area (Å²) in [5.41, 5.74) is 2.05. The van der Waals surface area contributed by atoms with Crippen molar-refractivity contribution in [2.24, 2.45) is 0 Å². The molecule has 0 aliphatic carbocycles. The minimum atomic E-state index is 0.720. The average Bonchev–Trinajstić information content (AvgIpc) is 2.30. The second-order valence-corrected chi connectivity index (χ2v) is 3.45. The molecule has 0 aromatic carbocycles. The van der Waals surface area contributed by atoms with Crippen LogP contribution in [0.2, 0.25) is 0 Å². The third kappa shape index (κ3) is 3.06. The van der Waals surface area contributed by atoms with Crippen LogP contribution in [0.15, 0.2) is 31.0 Å². The molecule has 16 heavy (non-hydrogen) atoms. The van der Waals surface area contributed by atoms with Crippen LogP contribution >= 0.6 is 0 Å². The monoisotopic (exact) mass is 215 g/mol. The van der Waals surface area contributed by atoms with Crippen LogP contribution in [0.25, 0.3) is 0 Å². The quantitative estimate of drug-likeness (QED) is 0.819. The van der Waals surface area contributed by atoms with Crippen LogP contribution in [0.1, 0.15) is 17.1 Å². The summed E-state index contributed by atoms with van der Waals surface area (Å²) in [5, 5.41) is 3.27. The predicted octanol–water partition coefficient (Wildman–Crippen LogP) is 0.865. The van der Waals surface area contributed by atoms with Gasteiger partial charge in [-0.3, -0.25) is 0 Å². The van der Waals surface area contributed by atoms with Crippen molar-refractivity contribution < 1.29 is 0 Å². The number of nitrogens with one attached hydrogen (secondary N) is 1. The standard InChI is InChI=1S/C11H13N5/c1-9-15-3-2-11(16-9)7-12-4-10-5-13-8-14-6-10/h2-3,5-6,8,12H,4,7H2,1H3. The van der Waals surface area contributed by atoms with Crippen molar-refractivity contribution in [3.8, 4) is 0 Å². The Labute approximate surface area is 94.0 Å². The summed E-state index contributed by atoms with van der Waals surface area (Å²) in [6, 6.07) is 1.90. The Morgan fingerprint density at radius 3 is 2.75 bits per heavy atom. The highest BCUT2D eigenvalue weighted by atomic mass is 14.9. The molecule has 0 radical (unpaired) electrons. The molecular weight excluding hydrogens is 202 g/mol. The van der Waals surface area contributed by atoms with Gasteiger partial charge in [-0.1, -0.05) is 0 Å². The molecule has 0 saturated heterocycles. The molecule has 0 spiro atoms. The highest BCUT2D eigenvalue weighted by molar-refractivity contribution is 5.04. The number of hydrogen-bond acceptors (Lipinski definition) is 5. The zero-order chi connectivity index (χ0) is 11.2. The van der Waals surface area contributed by atoms with Crippen LogP contribution in [0, 0.1) is 6.92 Å². The summed E-state index contributed by atoms with van der Waals surface area (Å²) in [6.45, 7) is 3.34. The summed E-state index contributed by atoms with van der Waals surface area (Å²) < 4.78 is 0. The number of rotatable bonds is 4. The molecule has 0 fully saturated rings. The van der Waals surface area contributed by atoms with Crippen molar-refractivity contribution in [1.29, 1.82) is 0 Å². The lowest BCUT2D eigenvalue weighted by molar-refractivity contribution is 0.671. The Balaban J connectivity index is 1.85. The fourth-order valence-corrected chi connectivity index (χ4v) is 1.36. The highest BCUT2D eigenvalue weighted by Crippen LogP contribution is 1.96. The molecule has 0 bridgehead atoms. The summed E-state index contributed by atoms with van der Waals surface area (Å²) >= 11 is 0. The third-order valence-electron chi connectivity index (χ3n) is 2.08. The molecule has 0 unspecified atom stereocenters. The van der Waals surface area contributed by atoms with E-state index in [4.69, 9.17) is 0 Å². The summed E-state index contributed by atoms with van der Waals surface area (Å²) in [5.74, 6) is 0.794. The van der Waals surface area contributed by atoms with Gasteiger partial charge in [-0.05, 0) is 13.0 Å². The van der Waals surface area contributed by atoms with Gasteiger partial charge in [0.1, 0.15) is 12.2 Å². The van der Waals surface area contributed by atoms with Crippen LogP contribution in [0.5, 0.6) is 0 Å². The number of aryl methyl sites for hydroxylation is 1. The Kier molecular flexibility index (Phi) is 3.50. The number of nitrogens with zero attached hydrogens (tertiary/aromatic N) is 4. The number of aromatic nitrogens is 4. The normalized spacial score (nSPS) is 10.3. The van der Waals surface area contributed by atoms with E-state index in [9.17, 15) is 0 Å². The topological polar surface area (TPSA) is 63.6 Å². The van der Waals surface area contributed by atoms with Crippen LogP contribution in [0.4, 0.5) is 0 Å². The minimum absolute atomic E-state index is 0.720. The van der Waals surface area contributed by atoms with Crippen molar-refractivity contribution in [1.82, 2.24) is 25.3 Å². The van der Waals surface area contributed by atoms with Crippen LogP contribution in [0.3, 0.4) is 0 Å². The largest absolute Gasteiger partial charge is 0.307 e. The lowest BCUT2D eigenvalue weighted by atomic mass is 10.3. The molecule has 2 aromatic heterocycles. The molecule has 0 saturated carbocycles. The Bertz CT molecular complexity index is 443. The average molecular weight is 215 g/mol. The molecule has 0 amide bonds. The maximum Gasteiger partial charge on any atom is 0.125 e. The smallest absolute Gasteiger partial charge is 0.125 e. The molecule has 0 aliphatic heterocycles. The summed E-state index contributed by atoms with van der Waals surface area (Å²) in [7, 11) is 0. The van der Waals surface area contributed by atoms with Crippen molar-refractivity contribution in [3.63, 3.8) is 0 Å². The van der Waals surface area contributed by atoms with E-state index in [2.05, 4.69) is 25.3 Å². The van der Waals surface area contributed by atoms with Crippen molar-refractivity contribution in [2.45, 2.75) is 20.0 Å². The first-order valence-corrected chi connectivity index (χ1v) is 5.08. The Morgan fingerprint density at radius 2 is 2.00 bits per heavy atom. The van der Waals surface area contributed by atoms with Gasteiger partial charge < -0.3 is 5.32 Å². The fourth-order valence-electron chi connectivity index (χ4n) is 1.36. The maximum atomic E-state index is 4.30. The lowest BCUT2D eigenvalue weighted by Crippen LogP contribution is -2.14. The van der Waals surface area contributed by atoms with E-state index in [1.54, 1.807) is 18.6 Å². The van der Waals surface area contributed by atoms with E-state index in [1.165, 1.54) is 6.33 Å². The number of hydrogen-bond donors (Lipinski definition) is 1. The maximum absolute atomic E-state index is 4.30. The molecule has 1 N–H and O–H groups in total. The lowest BCUT2D eigenvalue weighted by Gasteiger charge is -2.03. The van der Waals surface area contributed by atoms with Gasteiger partial charge in [-0.25, -0.2) is 19.9 Å². The van der Waals surface area contributed by atoms with Gasteiger partial charge in [0.25, 0.3) is 0 Å². The fraction of sp³-hybridized carbons (Fsp3) is 0.273. The van der Waals surface area contributed by atoms with E-state index in [0.717, 1.165) is 30.2 Å². The Hall–Kier alpha value is -1.88. The second-order valence-electron chi connectivity index (χ2n) is 3.45. The molecule has 82 valence electrons. The van der Waals surface area contributed by atoms with E-state index in [-0.39, 0.29) is 0 Å². The van der Waals surface area contributed by atoms with Gasteiger partial charge in [-0.15, -0.1) is 0 Å². The summed E-state index contributed by atoms with van der Waals surface area (Å²) in [4.78, 5) is 16.2. The second kappa shape index (κ2) is 5.27. The van der Waals surface area contributed by atoms with Gasteiger partial charge in [0.15, 0.2) is 0 Å². The van der Waals surface area contributed by atoms with E-state index < -0.39 is 0 Å². The molecule has 0 atom stereocenters. The van der Waals surface area contributed by atoms with Gasteiger partial charge >= 0.3 is 0 Å². The van der Waals surface area contributed by atoms with Gasteiger partial charge in [0.05, 0.1) is 5.69 Å². The van der Waals surface area contributed by atoms with Crippen LogP contribution in [-0.2, 0) is 13.1 Å². The predicted molar refractivity (Wildman–Crippen MR) is 59.3 cm³/mol. The molecule has 5 heteroatoms. The Morgan fingerprint density at radius 1 is 1.19 bits per heavy atom. The van der Waals surface area contributed by atoms with Crippen molar-refractivity contribution in [3.05, 3.63) is 48.1 Å². The molecule has 0 aliphatic rings.